The molecule has 2 amide bonds. The number of amides is 2. The molecule has 0 aliphatic heterocycles. The molecule has 0 saturated carbocycles. The van der Waals surface area contributed by atoms with Crippen molar-refractivity contribution in [3.05, 3.63) is 59.2 Å². The summed E-state index contributed by atoms with van der Waals surface area (Å²) in [6.07, 6.45) is 3.29. The monoisotopic (exact) mass is 343 g/mol. The van der Waals surface area contributed by atoms with E-state index in [4.69, 9.17) is 0 Å². The van der Waals surface area contributed by atoms with E-state index in [1.54, 1.807) is 38.2 Å². The fourth-order valence-corrected chi connectivity index (χ4v) is 2.32. The van der Waals surface area contributed by atoms with E-state index in [1.165, 1.54) is 12.1 Å². The van der Waals surface area contributed by atoms with Gasteiger partial charge in [-0.25, -0.2) is 4.39 Å². The number of hydrogen-bond acceptors (Lipinski definition) is 3. The molecule has 2 rings (SSSR count). The van der Waals surface area contributed by atoms with Crippen LogP contribution in [0.15, 0.2) is 36.5 Å². The van der Waals surface area contributed by atoms with Gasteiger partial charge in [-0.05, 0) is 50.1 Å². The smallest absolute Gasteiger partial charge is 0.252 e. The molecule has 0 bridgehead atoms. The van der Waals surface area contributed by atoms with Crippen molar-refractivity contribution in [2.24, 2.45) is 0 Å². The lowest BCUT2D eigenvalue weighted by atomic mass is 10.1. The Kier molecular flexibility index (Phi) is 6.22. The average Bonchev–Trinajstić information content (AvgIpc) is 2.57. The van der Waals surface area contributed by atoms with Crippen molar-refractivity contribution in [3.63, 3.8) is 0 Å². The number of carbonyl (C=O) groups excluding carboxylic acids is 2. The Bertz CT molecular complexity index is 777. The molecule has 0 radical (unpaired) electrons. The lowest BCUT2D eigenvalue weighted by Crippen LogP contribution is -2.41. The summed E-state index contributed by atoms with van der Waals surface area (Å²) >= 11 is 0. The largest absolute Gasteiger partial charge is 0.341 e. The first-order chi connectivity index (χ1) is 11.9. The second kappa shape index (κ2) is 8.37. The standard InChI is InChI=1S/C19H22FN3O2/c1-4-5-15-11-14(8-9-21-15)19(25)22-13(3)18(24)23-17-7-6-12(2)10-16(17)20/h6-11,13H,4-5H2,1-3H3,(H,22,25)(H,23,24)/t13-/m1/s1. The first-order valence-electron chi connectivity index (χ1n) is 8.23. The maximum Gasteiger partial charge on any atom is 0.252 e. The maximum absolute atomic E-state index is 13.8. The van der Waals surface area contributed by atoms with Crippen LogP contribution in [0.2, 0.25) is 0 Å². The van der Waals surface area contributed by atoms with Crippen molar-refractivity contribution in [1.29, 1.82) is 0 Å². The topological polar surface area (TPSA) is 71.1 Å². The second-order valence-corrected chi connectivity index (χ2v) is 5.95. The van der Waals surface area contributed by atoms with Crippen LogP contribution in [0, 0.1) is 12.7 Å². The first kappa shape index (κ1) is 18.6. The highest BCUT2D eigenvalue weighted by atomic mass is 19.1. The third-order valence-corrected chi connectivity index (χ3v) is 3.71. The van der Waals surface area contributed by atoms with Crippen LogP contribution in [0.25, 0.3) is 0 Å². The number of aromatic nitrogens is 1. The molecular formula is C19H22FN3O2. The van der Waals surface area contributed by atoms with E-state index < -0.39 is 17.8 Å². The van der Waals surface area contributed by atoms with Crippen molar-refractivity contribution in [2.75, 3.05) is 5.32 Å². The molecule has 0 fully saturated rings. The second-order valence-electron chi connectivity index (χ2n) is 5.95. The van der Waals surface area contributed by atoms with Gasteiger partial charge in [0, 0.05) is 17.5 Å². The molecular weight excluding hydrogens is 321 g/mol. The van der Waals surface area contributed by atoms with Crippen LogP contribution < -0.4 is 10.6 Å². The number of nitrogens with zero attached hydrogens (tertiary/aromatic N) is 1. The summed E-state index contributed by atoms with van der Waals surface area (Å²) in [5, 5.41) is 5.10. The minimum Gasteiger partial charge on any atom is -0.341 e. The van der Waals surface area contributed by atoms with Gasteiger partial charge < -0.3 is 10.6 Å². The average molecular weight is 343 g/mol. The molecule has 0 aliphatic rings. The lowest BCUT2D eigenvalue weighted by molar-refractivity contribution is -0.117. The molecule has 1 aromatic carbocycles. The minimum absolute atomic E-state index is 0.0887. The predicted octanol–water partition coefficient (Wildman–Crippen LogP) is 3.24. The molecule has 2 aromatic rings. The fraction of sp³-hybridized carbons (Fsp3) is 0.316. The van der Waals surface area contributed by atoms with Gasteiger partial charge in [0.25, 0.3) is 5.91 Å². The van der Waals surface area contributed by atoms with E-state index in [9.17, 15) is 14.0 Å². The van der Waals surface area contributed by atoms with E-state index in [1.807, 2.05) is 6.92 Å². The van der Waals surface area contributed by atoms with Crippen LogP contribution in [0.1, 0.15) is 41.9 Å². The Labute approximate surface area is 146 Å². The number of carbonyl (C=O) groups is 2. The van der Waals surface area contributed by atoms with Gasteiger partial charge in [-0.2, -0.15) is 0 Å². The summed E-state index contributed by atoms with van der Waals surface area (Å²) in [6.45, 7) is 5.34. The van der Waals surface area contributed by atoms with Crippen molar-refractivity contribution in [2.45, 2.75) is 39.7 Å². The molecule has 1 heterocycles. The summed E-state index contributed by atoms with van der Waals surface area (Å²) < 4.78 is 13.8. The SMILES string of the molecule is CCCc1cc(C(=O)N[C@H](C)C(=O)Nc2ccc(C)cc2F)ccn1. The summed E-state index contributed by atoms with van der Waals surface area (Å²) in [6, 6.07) is 7.04. The number of rotatable bonds is 6. The molecule has 2 N–H and O–H groups in total. The van der Waals surface area contributed by atoms with Crippen LogP contribution in [-0.2, 0) is 11.2 Å². The quantitative estimate of drug-likeness (QED) is 0.846. The van der Waals surface area contributed by atoms with Gasteiger partial charge in [-0.3, -0.25) is 14.6 Å². The molecule has 0 saturated heterocycles. The summed E-state index contributed by atoms with van der Waals surface area (Å²) in [7, 11) is 0. The van der Waals surface area contributed by atoms with Crippen molar-refractivity contribution in [3.8, 4) is 0 Å². The van der Waals surface area contributed by atoms with Gasteiger partial charge in [0.15, 0.2) is 0 Å². The fourth-order valence-electron chi connectivity index (χ4n) is 2.32. The van der Waals surface area contributed by atoms with Crippen LogP contribution in [0.4, 0.5) is 10.1 Å². The van der Waals surface area contributed by atoms with Gasteiger partial charge in [0.1, 0.15) is 11.9 Å². The van der Waals surface area contributed by atoms with Crippen molar-refractivity contribution < 1.29 is 14.0 Å². The minimum atomic E-state index is -0.809. The van der Waals surface area contributed by atoms with Gasteiger partial charge in [0.05, 0.1) is 5.69 Å². The van der Waals surface area contributed by atoms with Crippen LogP contribution in [0.5, 0.6) is 0 Å². The van der Waals surface area contributed by atoms with Gasteiger partial charge in [0.2, 0.25) is 5.91 Å². The third-order valence-electron chi connectivity index (χ3n) is 3.71. The Morgan fingerprint density at radius 1 is 1.24 bits per heavy atom. The van der Waals surface area contributed by atoms with E-state index in [2.05, 4.69) is 15.6 Å². The molecule has 0 spiro atoms. The van der Waals surface area contributed by atoms with Crippen LogP contribution in [0.3, 0.4) is 0 Å². The highest BCUT2D eigenvalue weighted by Gasteiger charge is 2.18. The van der Waals surface area contributed by atoms with Gasteiger partial charge in [-0.1, -0.05) is 19.4 Å². The Balaban J connectivity index is 2.00. The van der Waals surface area contributed by atoms with Crippen molar-refractivity contribution >= 4 is 17.5 Å². The number of halogens is 1. The molecule has 1 aromatic heterocycles. The third kappa shape index (κ3) is 5.11. The van der Waals surface area contributed by atoms with E-state index in [-0.39, 0.29) is 11.6 Å². The summed E-state index contributed by atoms with van der Waals surface area (Å²) in [5.41, 5.74) is 2.12. The first-order valence-corrected chi connectivity index (χ1v) is 8.23. The number of anilines is 1. The number of nitrogens with one attached hydrogen (secondary N) is 2. The molecule has 25 heavy (non-hydrogen) atoms. The van der Waals surface area contributed by atoms with E-state index in [0.29, 0.717) is 5.56 Å². The molecule has 0 aliphatic carbocycles. The molecule has 6 heteroatoms. The molecule has 0 unspecified atom stereocenters. The van der Waals surface area contributed by atoms with E-state index >= 15 is 0 Å². The zero-order chi connectivity index (χ0) is 18.4. The molecule has 5 nitrogen and oxygen atoms in total. The van der Waals surface area contributed by atoms with Crippen LogP contribution in [-0.4, -0.2) is 22.8 Å². The number of aryl methyl sites for hydroxylation is 2. The van der Waals surface area contributed by atoms with E-state index in [0.717, 1.165) is 24.1 Å². The maximum atomic E-state index is 13.8. The normalized spacial score (nSPS) is 11.7. The van der Waals surface area contributed by atoms with Crippen molar-refractivity contribution in [1.82, 2.24) is 10.3 Å². The summed E-state index contributed by atoms with van der Waals surface area (Å²) in [4.78, 5) is 28.7. The molecule has 1 atom stereocenters. The summed E-state index contributed by atoms with van der Waals surface area (Å²) in [5.74, 6) is -1.36. The van der Waals surface area contributed by atoms with Crippen LogP contribution >= 0.6 is 0 Å². The zero-order valence-corrected chi connectivity index (χ0v) is 14.6. The number of hydrogen-bond donors (Lipinski definition) is 2. The Morgan fingerprint density at radius 3 is 2.68 bits per heavy atom. The highest BCUT2D eigenvalue weighted by molar-refractivity contribution is 6.01. The van der Waals surface area contributed by atoms with Gasteiger partial charge in [-0.15, -0.1) is 0 Å². The highest BCUT2D eigenvalue weighted by Crippen LogP contribution is 2.15. The zero-order valence-electron chi connectivity index (χ0n) is 14.6. The number of pyridine rings is 1. The Morgan fingerprint density at radius 2 is 2.00 bits per heavy atom. The Hall–Kier alpha value is -2.76. The lowest BCUT2D eigenvalue weighted by Gasteiger charge is -2.15. The van der Waals surface area contributed by atoms with Gasteiger partial charge >= 0.3 is 0 Å². The molecule has 132 valence electrons. The number of benzene rings is 1. The predicted molar refractivity (Wildman–Crippen MR) is 94.9 cm³/mol.